The van der Waals surface area contributed by atoms with E-state index in [1.165, 1.54) is 12.4 Å². The van der Waals surface area contributed by atoms with E-state index >= 15 is 0 Å². The lowest BCUT2D eigenvalue weighted by Crippen LogP contribution is -2.11. The quantitative estimate of drug-likeness (QED) is 0.426. The van der Waals surface area contributed by atoms with Crippen molar-refractivity contribution in [1.82, 2.24) is 19.7 Å². The van der Waals surface area contributed by atoms with E-state index in [1.807, 2.05) is 20.8 Å². The first-order chi connectivity index (χ1) is 14.7. The van der Waals surface area contributed by atoms with Gasteiger partial charge < -0.3 is 4.74 Å². The van der Waals surface area contributed by atoms with Gasteiger partial charge in [-0.3, -0.25) is 4.72 Å². The molecule has 0 aliphatic rings. The van der Waals surface area contributed by atoms with Crippen LogP contribution in [0.2, 0.25) is 4.34 Å². The highest BCUT2D eigenvalue weighted by atomic mass is 35.5. The van der Waals surface area contributed by atoms with Crippen LogP contribution in [0.15, 0.2) is 53.0 Å². The maximum Gasteiger partial charge on any atom is 0.271 e. The molecule has 31 heavy (non-hydrogen) atoms. The summed E-state index contributed by atoms with van der Waals surface area (Å²) in [6.45, 7) is 5.93. The van der Waals surface area contributed by atoms with Gasteiger partial charge in [-0.15, -0.1) is 11.3 Å². The lowest BCUT2D eigenvalue weighted by atomic mass is 10.2. The summed E-state index contributed by atoms with van der Waals surface area (Å²) in [6, 6.07) is 11.2. The van der Waals surface area contributed by atoms with Crippen molar-refractivity contribution >= 4 is 38.6 Å². The lowest BCUT2D eigenvalue weighted by molar-refractivity contribution is 0.460. The number of thiophene rings is 1. The second-order valence-corrected chi connectivity index (χ2v) is 10.3. The Balaban J connectivity index is 1.50. The van der Waals surface area contributed by atoms with Crippen LogP contribution in [0, 0.1) is 20.8 Å². The predicted octanol–water partition coefficient (Wildman–Crippen LogP) is 4.90. The van der Waals surface area contributed by atoms with Crippen LogP contribution in [0.3, 0.4) is 0 Å². The number of benzene rings is 1. The fourth-order valence-corrected chi connectivity index (χ4v) is 5.35. The first-order valence-corrected chi connectivity index (χ1v) is 11.8. The number of nitrogens with zero attached hydrogens (tertiary/aromatic N) is 4. The summed E-state index contributed by atoms with van der Waals surface area (Å²) >= 11 is 6.82. The molecule has 0 saturated carbocycles. The van der Waals surface area contributed by atoms with Crippen LogP contribution >= 0.6 is 22.9 Å². The Kier molecular flexibility index (Phi) is 5.69. The van der Waals surface area contributed by atoms with Gasteiger partial charge in [0.25, 0.3) is 10.0 Å². The number of halogens is 1. The smallest absolute Gasteiger partial charge is 0.271 e. The Bertz CT molecular complexity index is 1350. The van der Waals surface area contributed by atoms with Crippen molar-refractivity contribution in [1.29, 1.82) is 0 Å². The minimum absolute atomic E-state index is 0.144. The molecule has 1 N–H and O–H groups in total. The van der Waals surface area contributed by atoms with E-state index in [0.29, 0.717) is 27.5 Å². The molecular formula is C20H18ClN5O3S2. The third kappa shape index (κ3) is 4.55. The predicted molar refractivity (Wildman–Crippen MR) is 120 cm³/mol. The van der Waals surface area contributed by atoms with E-state index in [1.54, 1.807) is 41.1 Å². The molecule has 11 heteroatoms. The monoisotopic (exact) mass is 475 g/mol. The maximum absolute atomic E-state index is 12.4. The van der Waals surface area contributed by atoms with Crippen LogP contribution in [-0.2, 0) is 10.0 Å². The molecule has 0 spiro atoms. The zero-order chi connectivity index (χ0) is 22.2. The van der Waals surface area contributed by atoms with Crippen molar-refractivity contribution in [2.75, 3.05) is 4.72 Å². The molecule has 0 unspecified atom stereocenters. The number of anilines is 1. The number of ether oxygens (including phenoxy) is 1. The third-order valence-electron chi connectivity index (χ3n) is 4.64. The Labute approximate surface area is 188 Å². The molecule has 4 rings (SSSR count). The molecule has 1 aromatic carbocycles. The number of aryl methyl sites for hydroxylation is 1. The normalized spacial score (nSPS) is 11.5. The number of aromatic nitrogens is 4. The molecular weight excluding hydrogens is 458 g/mol. The van der Waals surface area contributed by atoms with E-state index in [9.17, 15) is 8.42 Å². The van der Waals surface area contributed by atoms with Gasteiger partial charge in [-0.05, 0) is 62.7 Å². The number of hydrogen-bond donors (Lipinski definition) is 1. The Morgan fingerprint density at radius 2 is 1.81 bits per heavy atom. The van der Waals surface area contributed by atoms with E-state index in [2.05, 4.69) is 19.8 Å². The van der Waals surface area contributed by atoms with E-state index in [4.69, 9.17) is 16.3 Å². The summed E-state index contributed by atoms with van der Waals surface area (Å²) in [5, 5.41) is 4.50. The second kappa shape index (κ2) is 8.29. The summed E-state index contributed by atoms with van der Waals surface area (Å²) in [6.07, 6.45) is 1.41. The van der Waals surface area contributed by atoms with Gasteiger partial charge in [0.2, 0.25) is 5.88 Å². The van der Waals surface area contributed by atoms with Gasteiger partial charge in [-0.1, -0.05) is 11.6 Å². The van der Waals surface area contributed by atoms with Crippen LogP contribution in [0.4, 0.5) is 5.69 Å². The highest BCUT2D eigenvalue weighted by Gasteiger charge is 2.17. The summed E-state index contributed by atoms with van der Waals surface area (Å²) in [5.41, 5.74) is 3.43. The molecule has 3 heterocycles. The Hall–Kier alpha value is -2.95. The largest absolute Gasteiger partial charge is 0.439 e. The fraction of sp³-hybridized carbons (Fsp3) is 0.150. The zero-order valence-corrected chi connectivity index (χ0v) is 19.2. The topological polar surface area (TPSA) is 99.0 Å². The third-order valence-corrected chi connectivity index (χ3v) is 7.74. The molecule has 3 aromatic heterocycles. The molecule has 0 aliphatic carbocycles. The highest BCUT2D eigenvalue weighted by molar-refractivity contribution is 7.94. The maximum atomic E-state index is 12.4. The van der Waals surface area contributed by atoms with Gasteiger partial charge in [0.1, 0.15) is 16.3 Å². The molecule has 0 atom stereocenters. The fourth-order valence-electron chi connectivity index (χ4n) is 2.80. The standard InChI is InChI=1S/C20H18ClN5O3S2/c1-12-13(2)24-26(14(12)3)18-10-19(23-11-22-18)29-16-6-4-15(5-7-16)25-31(27,28)20-9-8-17(21)30-20/h4-11,25H,1-3H3. The highest BCUT2D eigenvalue weighted by Crippen LogP contribution is 2.28. The number of nitrogens with one attached hydrogen (secondary N) is 1. The lowest BCUT2D eigenvalue weighted by Gasteiger charge is -2.09. The van der Waals surface area contributed by atoms with Crippen molar-refractivity contribution < 1.29 is 13.2 Å². The van der Waals surface area contributed by atoms with Crippen LogP contribution < -0.4 is 9.46 Å². The van der Waals surface area contributed by atoms with Crippen LogP contribution in [0.1, 0.15) is 17.0 Å². The summed E-state index contributed by atoms with van der Waals surface area (Å²) < 4.78 is 35.4. The first kappa shape index (κ1) is 21.3. The van der Waals surface area contributed by atoms with E-state index in [-0.39, 0.29) is 4.21 Å². The first-order valence-electron chi connectivity index (χ1n) is 9.14. The summed E-state index contributed by atoms with van der Waals surface area (Å²) in [4.78, 5) is 8.42. The van der Waals surface area contributed by atoms with Crippen molar-refractivity contribution in [3.63, 3.8) is 0 Å². The number of rotatable bonds is 6. The van der Waals surface area contributed by atoms with E-state index < -0.39 is 10.0 Å². The van der Waals surface area contributed by atoms with Gasteiger partial charge in [0.15, 0.2) is 5.82 Å². The second-order valence-electron chi connectivity index (χ2n) is 6.71. The van der Waals surface area contributed by atoms with Crippen molar-refractivity contribution in [3.8, 4) is 17.4 Å². The molecule has 0 saturated heterocycles. The van der Waals surface area contributed by atoms with Crippen molar-refractivity contribution in [2.24, 2.45) is 0 Å². The molecule has 8 nitrogen and oxygen atoms in total. The van der Waals surface area contributed by atoms with Gasteiger partial charge in [-0.25, -0.2) is 23.1 Å². The molecule has 0 radical (unpaired) electrons. The number of sulfonamides is 1. The molecule has 4 aromatic rings. The zero-order valence-electron chi connectivity index (χ0n) is 16.8. The average Bonchev–Trinajstić information content (AvgIpc) is 3.29. The van der Waals surface area contributed by atoms with Crippen molar-refractivity contribution in [2.45, 2.75) is 25.0 Å². The van der Waals surface area contributed by atoms with Gasteiger partial charge in [0.05, 0.1) is 10.0 Å². The molecule has 160 valence electrons. The average molecular weight is 476 g/mol. The Morgan fingerprint density at radius 3 is 2.42 bits per heavy atom. The number of hydrogen-bond acceptors (Lipinski definition) is 7. The van der Waals surface area contributed by atoms with Crippen molar-refractivity contribution in [3.05, 3.63) is 70.1 Å². The van der Waals surface area contributed by atoms with Gasteiger partial charge in [0, 0.05) is 17.4 Å². The van der Waals surface area contributed by atoms with Crippen LogP contribution in [-0.4, -0.2) is 28.2 Å². The molecule has 0 aliphatic heterocycles. The SMILES string of the molecule is Cc1nn(-c2cc(Oc3ccc(NS(=O)(=O)c4ccc(Cl)s4)cc3)ncn2)c(C)c1C. The molecule has 0 fully saturated rings. The minimum atomic E-state index is -3.69. The molecule has 0 bridgehead atoms. The van der Waals surface area contributed by atoms with Gasteiger partial charge in [-0.2, -0.15) is 5.10 Å². The Morgan fingerprint density at radius 1 is 1.06 bits per heavy atom. The molecule has 0 amide bonds. The summed E-state index contributed by atoms with van der Waals surface area (Å²) in [5.74, 6) is 1.44. The van der Waals surface area contributed by atoms with Crippen LogP contribution in [0.25, 0.3) is 5.82 Å². The summed E-state index contributed by atoms with van der Waals surface area (Å²) in [7, 11) is -3.69. The van der Waals surface area contributed by atoms with Crippen LogP contribution in [0.5, 0.6) is 11.6 Å². The minimum Gasteiger partial charge on any atom is -0.439 e. The van der Waals surface area contributed by atoms with E-state index in [0.717, 1.165) is 28.3 Å². The van der Waals surface area contributed by atoms with Gasteiger partial charge >= 0.3 is 0 Å².